The minimum atomic E-state index is -0.201. The summed E-state index contributed by atoms with van der Waals surface area (Å²) in [6, 6.07) is 7.52. The maximum absolute atomic E-state index is 6.07. The normalized spacial score (nSPS) is 14.2. The Hall–Kier alpha value is -1.04. The Morgan fingerprint density at radius 2 is 2.20 bits per heavy atom. The van der Waals surface area contributed by atoms with Crippen molar-refractivity contribution in [2.75, 3.05) is 0 Å². The van der Waals surface area contributed by atoms with E-state index in [-0.39, 0.29) is 6.04 Å². The SMILES string of the molecule is CC[C@@H](C)[C@@H](N)c1nnc(SCc2cccc(Cl)c2)o1. The van der Waals surface area contributed by atoms with Crippen LogP contribution in [0.4, 0.5) is 0 Å². The smallest absolute Gasteiger partial charge is 0.276 e. The van der Waals surface area contributed by atoms with Gasteiger partial charge in [0.1, 0.15) is 0 Å². The molecule has 0 fully saturated rings. The molecule has 2 aromatic rings. The fourth-order valence-corrected chi connectivity index (χ4v) is 2.61. The molecular formula is C14H18ClN3OS. The summed E-state index contributed by atoms with van der Waals surface area (Å²) in [5.41, 5.74) is 7.19. The van der Waals surface area contributed by atoms with Gasteiger partial charge < -0.3 is 10.2 Å². The van der Waals surface area contributed by atoms with E-state index in [1.807, 2.05) is 24.3 Å². The van der Waals surface area contributed by atoms with E-state index in [0.717, 1.165) is 22.8 Å². The first kappa shape index (κ1) is 15.4. The Balaban J connectivity index is 1.96. The quantitative estimate of drug-likeness (QED) is 0.815. The Kier molecular flexibility index (Phi) is 5.46. The molecule has 2 rings (SSSR count). The van der Waals surface area contributed by atoms with Crippen molar-refractivity contribution in [3.8, 4) is 0 Å². The molecule has 0 radical (unpaired) electrons. The first-order valence-corrected chi connectivity index (χ1v) is 7.92. The Morgan fingerprint density at radius 1 is 1.40 bits per heavy atom. The van der Waals surface area contributed by atoms with Crippen molar-refractivity contribution in [2.24, 2.45) is 11.7 Å². The van der Waals surface area contributed by atoms with Gasteiger partial charge in [-0.1, -0.05) is 55.8 Å². The van der Waals surface area contributed by atoms with Crippen molar-refractivity contribution in [2.45, 2.75) is 37.3 Å². The molecule has 1 heterocycles. The van der Waals surface area contributed by atoms with Crippen LogP contribution >= 0.6 is 23.4 Å². The number of rotatable bonds is 6. The molecule has 0 amide bonds. The lowest BCUT2D eigenvalue weighted by Crippen LogP contribution is -2.18. The number of hydrogen-bond acceptors (Lipinski definition) is 5. The summed E-state index contributed by atoms with van der Waals surface area (Å²) in [6.07, 6.45) is 0.981. The molecule has 108 valence electrons. The van der Waals surface area contributed by atoms with Crippen LogP contribution in [0.1, 0.15) is 37.8 Å². The van der Waals surface area contributed by atoms with E-state index in [4.69, 9.17) is 21.8 Å². The molecule has 0 aliphatic heterocycles. The van der Waals surface area contributed by atoms with Gasteiger partial charge in [-0.05, 0) is 23.6 Å². The second kappa shape index (κ2) is 7.11. The third kappa shape index (κ3) is 3.98. The molecule has 0 unspecified atom stereocenters. The summed E-state index contributed by atoms with van der Waals surface area (Å²) >= 11 is 7.43. The number of hydrogen-bond donors (Lipinski definition) is 1. The molecule has 2 N–H and O–H groups in total. The van der Waals surface area contributed by atoms with Gasteiger partial charge in [-0.15, -0.1) is 10.2 Å². The van der Waals surface area contributed by atoms with Crippen LogP contribution in [0.5, 0.6) is 0 Å². The summed E-state index contributed by atoms with van der Waals surface area (Å²) in [5.74, 6) is 1.56. The second-order valence-electron chi connectivity index (χ2n) is 4.74. The molecule has 6 heteroatoms. The van der Waals surface area contributed by atoms with Crippen molar-refractivity contribution >= 4 is 23.4 Å². The maximum Gasteiger partial charge on any atom is 0.276 e. The highest BCUT2D eigenvalue weighted by molar-refractivity contribution is 7.98. The molecule has 0 saturated carbocycles. The molecular weight excluding hydrogens is 294 g/mol. The Morgan fingerprint density at radius 3 is 2.90 bits per heavy atom. The molecule has 1 aromatic heterocycles. The van der Waals surface area contributed by atoms with Gasteiger partial charge in [0.15, 0.2) is 0 Å². The predicted octanol–water partition coefficient (Wildman–Crippen LogP) is 4.06. The van der Waals surface area contributed by atoms with Crippen LogP contribution in [-0.2, 0) is 5.75 Å². The van der Waals surface area contributed by atoms with Gasteiger partial charge in [0.2, 0.25) is 5.89 Å². The van der Waals surface area contributed by atoms with Gasteiger partial charge in [-0.25, -0.2) is 0 Å². The van der Waals surface area contributed by atoms with Crippen molar-refractivity contribution in [3.05, 3.63) is 40.7 Å². The van der Waals surface area contributed by atoms with E-state index in [0.29, 0.717) is 17.0 Å². The van der Waals surface area contributed by atoms with Crippen LogP contribution < -0.4 is 5.73 Å². The molecule has 0 aliphatic carbocycles. The zero-order valence-electron chi connectivity index (χ0n) is 11.5. The van der Waals surface area contributed by atoms with Gasteiger partial charge >= 0.3 is 0 Å². The lowest BCUT2D eigenvalue weighted by atomic mass is 10.0. The summed E-state index contributed by atoms with van der Waals surface area (Å²) < 4.78 is 5.60. The summed E-state index contributed by atoms with van der Waals surface area (Å²) in [7, 11) is 0. The number of halogens is 1. The Bertz CT molecular complexity index is 561. The van der Waals surface area contributed by atoms with Crippen LogP contribution in [0.3, 0.4) is 0 Å². The molecule has 0 bridgehead atoms. The van der Waals surface area contributed by atoms with Crippen LogP contribution in [0.25, 0.3) is 0 Å². The van der Waals surface area contributed by atoms with E-state index >= 15 is 0 Å². The second-order valence-corrected chi connectivity index (χ2v) is 6.10. The number of benzene rings is 1. The fraction of sp³-hybridized carbons (Fsp3) is 0.429. The van der Waals surface area contributed by atoms with Crippen LogP contribution in [0, 0.1) is 5.92 Å². The fourth-order valence-electron chi connectivity index (χ4n) is 1.68. The lowest BCUT2D eigenvalue weighted by molar-refractivity contribution is 0.333. The van der Waals surface area contributed by atoms with E-state index in [1.54, 1.807) is 0 Å². The van der Waals surface area contributed by atoms with Crippen molar-refractivity contribution in [1.82, 2.24) is 10.2 Å². The lowest BCUT2D eigenvalue weighted by Gasteiger charge is -2.13. The van der Waals surface area contributed by atoms with Gasteiger partial charge in [0.05, 0.1) is 6.04 Å². The number of nitrogens with two attached hydrogens (primary N) is 1. The zero-order valence-corrected chi connectivity index (χ0v) is 13.1. The summed E-state index contributed by atoms with van der Waals surface area (Å²) in [6.45, 7) is 4.17. The molecule has 4 nitrogen and oxygen atoms in total. The predicted molar refractivity (Wildman–Crippen MR) is 81.7 cm³/mol. The maximum atomic E-state index is 6.07. The van der Waals surface area contributed by atoms with Gasteiger partial charge in [-0.2, -0.15) is 0 Å². The van der Waals surface area contributed by atoms with E-state index < -0.39 is 0 Å². The third-order valence-electron chi connectivity index (χ3n) is 3.22. The first-order valence-electron chi connectivity index (χ1n) is 6.56. The van der Waals surface area contributed by atoms with E-state index in [2.05, 4.69) is 24.0 Å². The molecule has 0 aliphatic rings. The van der Waals surface area contributed by atoms with Crippen molar-refractivity contribution in [3.63, 3.8) is 0 Å². The molecule has 1 aromatic carbocycles. The highest BCUT2D eigenvalue weighted by Gasteiger charge is 2.19. The number of nitrogens with zero attached hydrogens (tertiary/aromatic N) is 2. The van der Waals surface area contributed by atoms with Gasteiger partial charge in [0, 0.05) is 10.8 Å². The van der Waals surface area contributed by atoms with Crippen molar-refractivity contribution in [1.29, 1.82) is 0 Å². The number of thioether (sulfide) groups is 1. The van der Waals surface area contributed by atoms with Gasteiger partial charge in [0.25, 0.3) is 5.22 Å². The third-order valence-corrected chi connectivity index (χ3v) is 4.34. The zero-order chi connectivity index (χ0) is 14.5. The topological polar surface area (TPSA) is 64.9 Å². The van der Waals surface area contributed by atoms with Gasteiger partial charge in [-0.3, -0.25) is 0 Å². The molecule has 2 atom stereocenters. The number of aromatic nitrogens is 2. The van der Waals surface area contributed by atoms with Crippen LogP contribution in [0.2, 0.25) is 5.02 Å². The highest BCUT2D eigenvalue weighted by Crippen LogP contribution is 2.26. The molecule has 0 saturated heterocycles. The molecule has 0 spiro atoms. The summed E-state index contributed by atoms with van der Waals surface area (Å²) in [4.78, 5) is 0. The molecule has 20 heavy (non-hydrogen) atoms. The Labute approximate surface area is 128 Å². The van der Waals surface area contributed by atoms with Crippen LogP contribution in [-0.4, -0.2) is 10.2 Å². The monoisotopic (exact) mass is 311 g/mol. The summed E-state index contributed by atoms with van der Waals surface area (Å²) in [5, 5.41) is 9.32. The van der Waals surface area contributed by atoms with E-state index in [1.165, 1.54) is 11.8 Å². The van der Waals surface area contributed by atoms with Crippen LogP contribution in [0.15, 0.2) is 33.9 Å². The first-order chi connectivity index (χ1) is 9.60. The minimum absolute atomic E-state index is 0.201. The largest absolute Gasteiger partial charge is 0.414 e. The average Bonchev–Trinajstić information content (AvgIpc) is 2.92. The minimum Gasteiger partial charge on any atom is -0.414 e. The average molecular weight is 312 g/mol. The van der Waals surface area contributed by atoms with Crippen molar-refractivity contribution < 1.29 is 4.42 Å². The van der Waals surface area contributed by atoms with E-state index in [9.17, 15) is 0 Å². The standard InChI is InChI=1S/C14H18ClN3OS/c1-3-9(2)12(16)13-17-18-14(19-13)20-8-10-5-4-6-11(15)7-10/h4-7,9,12H,3,8,16H2,1-2H3/t9-,12-/m1/s1. The highest BCUT2D eigenvalue weighted by atomic mass is 35.5.